The topological polar surface area (TPSA) is 86.4 Å². The van der Waals surface area contributed by atoms with Gasteiger partial charge in [0.05, 0.1) is 11.1 Å². The summed E-state index contributed by atoms with van der Waals surface area (Å²) in [5.74, 6) is 7.68. The molecule has 170 valence electrons. The molecule has 2 aromatic heterocycles. The van der Waals surface area contributed by atoms with Crippen LogP contribution >= 0.6 is 0 Å². The first kappa shape index (κ1) is 22.4. The molecule has 0 aliphatic carbocycles. The first-order chi connectivity index (χ1) is 16.1. The zero-order valence-electron chi connectivity index (χ0n) is 18.9. The van der Waals surface area contributed by atoms with Crippen molar-refractivity contribution in [2.45, 2.75) is 12.5 Å². The minimum atomic E-state index is 0.0471. The van der Waals surface area contributed by atoms with Crippen molar-refractivity contribution in [2.75, 3.05) is 45.7 Å². The maximum Gasteiger partial charge on any atom is 0.246 e. The summed E-state index contributed by atoms with van der Waals surface area (Å²) in [7, 11) is 3.95. The average Bonchev–Trinajstić information content (AvgIpc) is 3.45. The maximum absolute atomic E-state index is 12.4. The fourth-order valence-corrected chi connectivity index (χ4v) is 3.63. The Morgan fingerprint density at radius 1 is 1.33 bits per heavy atom. The van der Waals surface area contributed by atoms with Gasteiger partial charge in [-0.05, 0) is 44.6 Å². The smallest absolute Gasteiger partial charge is 0.246 e. The summed E-state index contributed by atoms with van der Waals surface area (Å²) in [6.07, 6.45) is 5.94. The number of ether oxygens (including phenoxy) is 1. The van der Waals surface area contributed by atoms with Gasteiger partial charge < -0.3 is 24.8 Å². The van der Waals surface area contributed by atoms with Crippen LogP contribution in [0.4, 0.5) is 5.82 Å². The van der Waals surface area contributed by atoms with Crippen LogP contribution in [0.3, 0.4) is 0 Å². The number of nitrogens with one attached hydrogen (secondary N) is 2. The quantitative estimate of drug-likeness (QED) is 0.430. The zero-order chi connectivity index (χ0) is 23.0. The summed E-state index contributed by atoms with van der Waals surface area (Å²) in [6.45, 7) is 2.41. The number of hydrogen-bond acceptors (Lipinski definition) is 6. The van der Waals surface area contributed by atoms with Gasteiger partial charge in [-0.15, -0.1) is 0 Å². The van der Waals surface area contributed by atoms with E-state index in [1.165, 1.54) is 6.33 Å². The fourth-order valence-electron chi connectivity index (χ4n) is 3.63. The second kappa shape index (κ2) is 10.7. The highest BCUT2D eigenvalue weighted by Gasteiger charge is 2.25. The SMILES string of the molecule is CN(C)C/C=C/C(=O)N1CC[C@@H](Nc2ncnc3[nH]c(C#CCOc4ccccc4)cc23)C1. The van der Waals surface area contributed by atoms with Crippen LogP contribution in [-0.4, -0.2) is 77.0 Å². The Hall–Kier alpha value is -3.83. The zero-order valence-corrected chi connectivity index (χ0v) is 18.9. The van der Waals surface area contributed by atoms with Crippen molar-refractivity contribution >= 4 is 22.8 Å². The van der Waals surface area contributed by atoms with Gasteiger partial charge in [0.1, 0.15) is 30.1 Å². The molecular formula is C25H28N6O2. The van der Waals surface area contributed by atoms with Crippen molar-refractivity contribution in [3.8, 4) is 17.6 Å². The van der Waals surface area contributed by atoms with Crippen LogP contribution in [0.2, 0.25) is 0 Å². The van der Waals surface area contributed by atoms with Gasteiger partial charge in [-0.2, -0.15) is 0 Å². The number of likely N-dealkylation sites (tertiary alicyclic amines) is 1. The highest BCUT2D eigenvalue weighted by Crippen LogP contribution is 2.23. The lowest BCUT2D eigenvalue weighted by molar-refractivity contribution is -0.125. The van der Waals surface area contributed by atoms with Crippen molar-refractivity contribution < 1.29 is 9.53 Å². The molecule has 8 nitrogen and oxygen atoms in total. The molecule has 4 rings (SSSR count). The third kappa shape index (κ3) is 6.11. The Morgan fingerprint density at radius 3 is 3.00 bits per heavy atom. The molecule has 1 saturated heterocycles. The number of nitrogens with zero attached hydrogens (tertiary/aromatic N) is 4. The predicted octanol–water partition coefficient (Wildman–Crippen LogP) is 2.52. The summed E-state index contributed by atoms with van der Waals surface area (Å²) in [5, 5.41) is 4.35. The molecule has 2 N–H and O–H groups in total. The molecule has 1 aromatic carbocycles. The lowest BCUT2D eigenvalue weighted by atomic mass is 10.2. The largest absolute Gasteiger partial charge is 0.481 e. The number of rotatable bonds is 7. The first-order valence-electron chi connectivity index (χ1n) is 11.0. The predicted molar refractivity (Wildman–Crippen MR) is 129 cm³/mol. The van der Waals surface area contributed by atoms with Crippen LogP contribution in [-0.2, 0) is 4.79 Å². The third-order valence-electron chi connectivity index (χ3n) is 5.27. The molecule has 33 heavy (non-hydrogen) atoms. The van der Waals surface area contributed by atoms with Crippen molar-refractivity contribution in [1.82, 2.24) is 24.8 Å². The van der Waals surface area contributed by atoms with Crippen molar-refractivity contribution in [1.29, 1.82) is 0 Å². The molecule has 1 atom stereocenters. The first-order valence-corrected chi connectivity index (χ1v) is 11.0. The molecule has 0 unspecified atom stereocenters. The summed E-state index contributed by atoms with van der Waals surface area (Å²) >= 11 is 0. The van der Waals surface area contributed by atoms with Gasteiger partial charge in [0.2, 0.25) is 5.91 Å². The minimum absolute atomic E-state index is 0.0471. The van der Waals surface area contributed by atoms with Crippen molar-refractivity contribution in [3.63, 3.8) is 0 Å². The van der Waals surface area contributed by atoms with Gasteiger partial charge in [0.25, 0.3) is 0 Å². The molecule has 3 heterocycles. The number of likely N-dealkylation sites (N-methyl/N-ethyl adjacent to an activating group) is 1. The molecule has 1 aliphatic rings. The van der Waals surface area contributed by atoms with Crippen LogP contribution in [0, 0.1) is 11.8 Å². The van der Waals surface area contributed by atoms with Gasteiger partial charge in [-0.3, -0.25) is 4.79 Å². The van der Waals surface area contributed by atoms with E-state index in [2.05, 4.69) is 32.1 Å². The number of hydrogen-bond donors (Lipinski definition) is 2. The van der Waals surface area contributed by atoms with Crippen LogP contribution < -0.4 is 10.1 Å². The summed E-state index contributed by atoms with van der Waals surface area (Å²) in [4.78, 5) is 28.2. The molecule has 0 saturated carbocycles. The van der Waals surface area contributed by atoms with Gasteiger partial charge >= 0.3 is 0 Å². The standard InChI is InChI=1S/C25H28N6O2/c1-30(2)13-6-11-23(32)31-14-12-20(17-31)29-25-22-16-19(28-24(22)26-18-27-25)8-7-15-33-21-9-4-3-5-10-21/h3-6,9-11,16,18,20H,12-15,17H2,1-2H3,(H2,26,27,28,29)/b11-6+/t20-/m1/s1. The fraction of sp³-hybridized carbons (Fsp3) is 0.320. The van der Waals surface area contributed by atoms with Crippen molar-refractivity contribution in [3.05, 3.63) is 60.6 Å². The number of aromatic nitrogens is 3. The summed E-state index contributed by atoms with van der Waals surface area (Å²) < 4.78 is 5.61. The van der Waals surface area contributed by atoms with E-state index in [9.17, 15) is 4.79 Å². The molecule has 8 heteroatoms. The lowest BCUT2D eigenvalue weighted by Crippen LogP contribution is -2.30. The van der Waals surface area contributed by atoms with E-state index in [1.807, 2.05) is 66.4 Å². The Morgan fingerprint density at radius 2 is 2.18 bits per heavy atom. The molecule has 0 radical (unpaired) electrons. The molecule has 1 fully saturated rings. The number of carbonyl (C=O) groups excluding carboxylic acids is 1. The Kier molecular flexibility index (Phi) is 7.22. The van der Waals surface area contributed by atoms with E-state index >= 15 is 0 Å². The maximum atomic E-state index is 12.4. The van der Waals surface area contributed by atoms with E-state index in [0.717, 1.165) is 47.8 Å². The van der Waals surface area contributed by atoms with Crippen LogP contribution in [0.1, 0.15) is 12.1 Å². The Balaban J connectivity index is 1.36. The second-order valence-corrected chi connectivity index (χ2v) is 8.15. The molecular weight excluding hydrogens is 416 g/mol. The number of amides is 1. The van der Waals surface area contributed by atoms with Crippen LogP contribution in [0.15, 0.2) is 54.9 Å². The number of benzene rings is 1. The second-order valence-electron chi connectivity index (χ2n) is 8.15. The van der Waals surface area contributed by atoms with Crippen LogP contribution in [0.25, 0.3) is 11.0 Å². The van der Waals surface area contributed by atoms with E-state index in [1.54, 1.807) is 6.08 Å². The number of fused-ring (bicyclic) bond motifs is 1. The molecule has 0 spiro atoms. The van der Waals surface area contributed by atoms with E-state index < -0.39 is 0 Å². The number of H-pyrrole nitrogens is 1. The van der Waals surface area contributed by atoms with Gasteiger partial charge in [-0.1, -0.05) is 30.2 Å². The molecule has 1 amide bonds. The number of anilines is 1. The molecule has 0 bridgehead atoms. The average molecular weight is 445 g/mol. The normalized spacial score (nSPS) is 15.7. The van der Waals surface area contributed by atoms with Gasteiger partial charge in [0, 0.05) is 31.8 Å². The van der Waals surface area contributed by atoms with Gasteiger partial charge in [-0.25, -0.2) is 9.97 Å². The monoisotopic (exact) mass is 444 g/mol. The number of carbonyl (C=O) groups is 1. The third-order valence-corrected chi connectivity index (χ3v) is 5.27. The Bertz CT molecular complexity index is 1180. The Labute approximate surface area is 193 Å². The van der Waals surface area contributed by atoms with Gasteiger partial charge in [0.15, 0.2) is 0 Å². The number of aromatic amines is 1. The highest BCUT2D eigenvalue weighted by atomic mass is 16.5. The molecule has 3 aromatic rings. The van der Waals surface area contributed by atoms with E-state index in [-0.39, 0.29) is 11.9 Å². The summed E-state index contributed by atoms with van der Waals surface area (Å²) in [5.41, 5.74) is 1.47. The van der Waals surface area contributed by atoms with Crippen LogP contribution in [0.5, 0.6) is 5.75 Å². The minimum Gasteiger partial charge on any atom is -0.481 e. The lowest BCUT2D eigenvalue weighted by Gasteiger charge is -2.16. The van der Waals surface area contributed by atoms with E-state index in [0.29, 0.717) is 13.2 Å². The van der Waals surface area contributed by atoms with Crippen molar-refractivity contribution in [2.24, 2.45) is 0 Å². The summed E-state index contributed by atoms with van der Waals surface area (Å²) in [6, 6.07) is 11.7. The van der Waals surface area contributed by atoms with E-state index in [4.69, 9.17) is 4.74 Å². The number of para-hydroxylation sites is 1. The highest BCUT2D eigenvalue weighted by molar-refractivity contribution is 5.89. The molecule has 1 aliphatic heterocycles.